The van der Waals surface area contributed by atoms with Crippen LogP contribution in [-0.4, -0.2) is 25.6 Å². The average Bonchev–Trinajstić information content (AvgIpc) is 2.98. The number of ether oxygens (including phenoxy) is 1. The van der Waals surface area contributed by atoms with E-state index in [0.29, 0.717) is 11.6 Å². The Labute approximate surface area is 140 Å². The van der Waals surface area contributed by atoms with Crippen LogP contribution in [0.3, 0.4) is 0 Å². The summed E-state index contributed by atoms with van der Waals surface area (Å²) in [5.41, 5.74) is 2.00. The zero-order chi connectivity index (χ0) is 16.2. The normalized spacial score (nSPS) is 18.5. The fourth-order valence-corrected chi connectivity index (χ4v) is 3.07. The van der Waals surface area contributed by atoms with Gasteiger partial charge in [-0.15, -0.1) is 0 Å². The Morgan fingerprint density at radius 1 is 1.22 bits per heavy atom. The highest BCUT2D eigenvalue weighted by Gasteiger charge is 2.28. The van der Waals surface area contributed by atoms with Gasteiger partial charge in [0.2, 0.25) is 5.91 Å². The minimum atomic E-state index is -0.210. The Kier molecular flexibility index (Phi) is 4.84. The molecular formula is C18H19ClN2O2. The van der Waals surface area contributed by atoms with Crippen molar-refractivity contribution >= 4 is 17.5 Å². The Bertz CT molecular complexity index is 688. The molecule has 1 aliphatic rings. The number of carbonyl (C=O) groups excluding carboxylic acids is 1. The van der Waals surface area contributed by atoms with E-state index in [1.807, 2.05) is 48.5 Å². The highest BCUT2D eigenvalue weighted by atomic mass is 35.5. The average molecular weight is 331 g/mol. The molecule has 4 nitrogen and oxygen atoms in total. The molecule has 2 aromatic carbocycles. The molecule has 1 fully saturated rings. The maximum Gasteiger partial charge on any atom is 0.237 e. The van der Waals surface area contributed by atoms with E-state index in [0.717, 1.165) is 23.3 Å². The molecule has 0 aliphatic carbocycles. The second-order valence-corrected chi connectivity index (χ2v) is 5.93. The van der Waals surface area contributed by atoms with E-state index in [1.54, 1.807) is 7.11 Å². The highest BCUT2D eigenvalue weighted by Crippen LogP contribution is 2.30. The quantitative estimate of drug-likeness (QED) is 0.886. The predicted octanol–water partition coefficient (Wildman–Crippen LogP) is 2.92. The van der Waals surface area contributed by atoms with Crippen molar-refractivity contribution in [3.8, 4) is 5.75 Å². The zero-order valence-electron chi connectivity index (χ0n) is 12.9. The summed E-state index contributed by atoms with van der Waals surface area (Å²) in [6.45, 7) is 0.703. The molecule has 5 heteroatoms. The van der Waals surface area contributed by atoms with Gasteiger partial charge in [-0.2, -0.15) is 0 Å². The lowest BCUT2D eigenvalue weighted by atomic mass is 9.97. The van der Waals surface area contributed by atoms with Crippen molar-refractivity contribution in [3.63, 3.8) is 0 Å². The zero-order valence-corrected chi connectivity index (χ0v) is 13.6. The van der Waals surface area contributed by atoms with Gasteiger partial charge >= 0.3 is 0 Å². The van der Waals surface area contributed by atoms with Crippen LogP contribution in [0.4, 0.5) is 0 Å². The fourth-order valence-electron chi connectivity index (χ4n) is 2.83. The lowest BCUT2D eigenvalue weighted by molar-refractivity contribution is -0.121. The van der Waals surface area contributed by atoms with E-state index < -0.39 is 0 Å². The van der Waals surface area contributed by atoms with Crippen LogP contribution >= 0.6 is 11.6 Å². The number of rotatable bonds is 5. The summed E-state index contributed by atoms with van der Waals surface area (Å²) in [7, 11) is 1.64. The molecule has 0 aromatic heterocycles. The first-order chi connectivity index (χ1) is 11.2. The molecular weight excluding hydrogens is 312 g/mol. The van der Waals surface area contributed by atoms with Crippen molar-refractivity contribution in [2.24, 2.45) is 0 Å². The standard InChI is InChI=1S/C18H19ClN2O2/c1-23-13-8-6-12(7-9-13)17(14-4-2-3-5-15(14)19)21-16-10-11-20-18(16)22/h2-9,16-17,21H,10-11H2,1H3,(H,20,22)/t16-,17+/m0/s1. The second-order valence-electron chi connectivity index (χ2n) is 5.53. The van der Waals surface area contributed by atoms with Gasteiger partial charge in [-0.05, 0) is 35.7 Å². The van der Waals surface area contributed by atoms with Crippen LogP contribution in [0.5, 0.6) is 5.75 Å². The molecule has 0 spiro atoms. The third-order valence-electron chi connectivity index (χ3n) is 4.08. The second kappa shape index (κ2) is 7.02. The summed E-state index contributed by atoms with van der Waals surface area (Å²) in [5.74, 6) is 0.834. The van der Waals surface area contributed by atoms with Gasteiger partial charge in [0.25, 0.3) is 0 Å². The van der Waals surface area contributed by atoms with Crippen LogP contribution in [0.1, 0.15) is 23.6 Å². The summed E-state index contributed by atoms with van der Waals surface area (Å²) < 4.78 is 5.22. The van der Waals surface area contributed by atoms with Crippen molar-refractivity contribution in [2.45, 2.75) is 18.5 Å². The van der Waals surface area contributed by atoms with E-state index in [-0.39, 0.29) is 18.0 Å². The minimum Gasteiger partial charge on any atom is -0.497 e. The first-order valence-electron chi connectivity index (χ1n) is 7.61. The highest BCUT2D eigenvalue weighted by molar-refractivity contribution is 6.31. The van der Waals surface area contributed by atoms with E-state index >= 15 is 0 Å². The van der Waals surface area contributed by atoms with Gasteiger partial charge in [0, 0.05) is 11.6 Å². The Morgan fingerprint density at radius 2 is 1.96 bits per heavy atom. The van der Waals surface area contributed by atoms with Crippen LogP contribution in [0.15, 0.2) is 48.5 Å². The van der Waals surface area contributed by atoms with E-state index in [9.17, 15) is 4.79 Å². The molecule has 2 N–H and O–H groups in total. The molecule has 1 heterocycles. The smallest absolute Gasteiger partial charge is 0.237 e. The molecule has 3 rings (SSSR count). The number of hydrogen-bond donors (Lipinski definition) is 2. The van der Waals surface area contributed by atoms with Crippen LogP contribution in [0.2, 0.25) is 5.02 Å². The third kappa shape index (κ3) is 3.49. The van der Waals surface area contributed by atoms with Gasteiger partial charge < -0.3 is 10.1 Å². The van der Waals surface area contributed by atoms with E-state index in [2.05, 4.69) is 10.6 Å². The van der Waals surface area contributed by atoms with E-state index in [4.69, 9.17) is 16.3 Å². The van der Waals surface area contributed by atoms with Crippen molar-refractivity contribution in [3.05, 3.63) is 64.7 Å². The number of hydrogen-bond acceptors (Lipinski definition) is 3. The van der Waals surface area contributed by atoms with Gasteiger partial charge in [-0.3, -0.25) is 10.1 Å². The molecule has 1 amide bonds. The monoisotopic (exact) mass is 330 g/mol. The van der Waals surface area contributed by atoms with Gasteiger partial charge in [0.15, 0.2) is 0 Å². The largest absolute Gasteiger partial charge is 0.497 e. The van der Waals surface area contributed by atoms with Gasteiger partial charge in [0.1, 0.15) is 5.75 Å². The summed E-state index contributed by atoms with van der Waals surface area (Å²) in [5, 5.41) is 6.98. The van der Waals surface area contributed by atoms with Crippen molar-refractivity contribution in [1.82, 2.24) is 10.6 Å². The van der Waals surface area contributed by atoms with Gasteiger partial charge in [-0.25, -0.2) is 0 Å². The molecule has 120 valence electrons. The molecule has 1 aliphatic heterocycles. The molecule has 0 bridgehead atoms. The molecule has 0 saturated carbocycles. The van der Waals surface area contributed by atoms with Crippen molar-refractivity contribution in [2.75, 3.05) is 13.7 Å². The number of halogens is 1. The minimum absolute atomic E-state index is 0.0376. The maximum atomic E-state index is 11.9. The fraction of sp³-hybridized carbons (Fsp3) is 0.278. The topological polar surface area (TPSA) is 50.4 Å². The van der Waals surface area contributed by atoms with Crippen LogP contribution < -0.4 is 15.4 Å². The van der Waals surface area contributed by atoms with Gasteiger partial charge in [-0.1, -0.05) is 41.9 Å². The third-order valence-corrected chi connectivity index (χ3v) is 4.43. The Morgan fingerprint density at radius 3 is 2.57 bits per heavy atom. The predicted molar refractivity (Wildman–Crippen MR) is 90.8 cm³/mol. The van der Waals surface area contributed by atoms with Crippen LogP contribution in [-0.2, 0) is 4.79 Å². The molecule has 0 radical (unpaired) electrons. The van der Waals surface area contributed by atoms with Crippen LogP contribution in [0.25, 0.3) is 0 Å². The number of carbonyl (C=O) groups is 1. The van der Waals surface area contributed by atoms with Crippen LogP contribution in [0, 0.1) is 0 Å². The number of amides is 1. The molecule has 0 unspecified atom stereocenters. The Hall–Kier alpha value is -2.04. The summed E-state index contributed by atoms with van der Waals surface area (Å²) in [6.07, 6.45) is 0.774. The number of nitrogens with one attached hydrogen (secondary N) is 2. The summed E-state index contributed by atoms with van der Waals surface area (Å²) >= 11 is 6.38. The van der Waals surface area contributed by atoms with Gasteiger partial charge in [0.05, 0.1) is 19.2 Å². The first-order valence-corrected chi connectivity index (χ1v) is 7.99. The van der Waals surface area contributed by atoms with E-state index in [1.165, 1.54) is 0 Å². The molecule has 1 saturated heterocycles. The summed E-state index contributed by atoms with van der Waals surface area (Å²) in [4.78, 5) is 11.9. The van der Waals surface area contributed by atoms with Crippen molar-refractivity contribution in [1.29, 1.82) is 0 Å². The molecule has 23 heavy (non-hydrogen) atoms. The maximum absolute atomic E-state index is 11.9. The lowest BCUT2D eigenvalue weighted by Gasteiger charge is -2.24. The molecule has 2 atom stereocenters. The SMILES string of the molecule is COc1ccc([C@@H](N[C@H]2CCNC2=O)c2ccccc2Cl)cc1. The Balaban J connectivity index is 1.95. The lowest BCUT2D eigenvalue weighted by Crippen LogP contribution is -2.39. The van der Waals surface area contributed by atoms with Crippen molar-refractivity contribution < 1.29 is 9.53 Å². The number of methoxy groups -OCH3 is 1. The molecule has 2 aromatic rings. The first kappa shape index (κ1) is 15.8. The summed E-state index contributed by atoms with van der Waals surface area (Å²) in [6, 6.07) is 15.2. The number of benzene rings is 2.